The molecule has 2 aliphatic rings. The molecule has 0 aliphatic carbocycles. The Morgan fingerprint density at radius 3 is 2.21 bits per heavy atom. The first-order valence-electron chi connectivity index (χ1n) is 12.5. The zero-order valence-electron chi connectivity index (χ0n) is 21.6. The van der Waals surface area contributed by atoms with Gasteiger partial charge in [-0.25, -0.2) is 9.18 Å². The summed E-state index contributed by atoms with van der Waals surface area (Å²) in [5.41, 5.74) is 3.60. The number of carbonyl (C=O) groups excluding carboxylic acids is 2. The first kappa shape index (κ1) is 26.4. The summed E-state index contributed by atoms with van der Waals surface area (Å²) in [7, 11) is 3.88. The molecule has 2 aliphatic heterocycles. The Labute approximate surface area is 227 Å². The topological polar surface area (TPSA) is 56.3 Å². The Balaban J connectivity index is 1.51. The highest BCUT2D eigenvalue weighted by Crippen LogP contribution is 2.60. The van der Waals surface area contributed by atoms with Gasteiger partial charge in [0.15, 0.2) is 0 Å². The molecule has 0 spiro atoms. The van der Waals surface area contributed by atoms with Crippen molar-refractivity contribution in [2.75, 3.05) is 61.4 Å². The van der Waals surface area contributed by atoms with Gasteiger partial charge in [0.25, 0.3) is 5.91 Å². The number of hydrogen-bond donors (Lipinski definition) is 0. The van der Waals surface area contributed by atoms with Crippen LogP contribution in [0, 0.1) is 5.82 Å². The van der Waals surface area contributed by atoms with Gasteiger partial charge in [0, 0.05) is 57.0 Å². The van der Waals surface area contributed by atoms with Crippen molar-refractivity contribution in [3.8, 4) is 0 Å². The number of carbonyl (C=O) groups is 2. The van der Waals surface area contributed by atoms with Gasteiger partial charge in [0.2, 0.25) is 0 Å². The molecule has 1 fully saturated rings. The number of ether oxygens (including phenoxy) is 1. The average molecular weight is 553 g/mol. The lowest BCUT2D eigenvalue weighted by molar-refractivity contribution is 0.0526. The van der Waals surface area contributed by atoms with Crippen LogP contribution in [0.25, 0.3) is 0 Å². The molecule has 1 unspecified atom stereocenters. The predicted octanol–water partition coefficient (Wildman–Crippen LogP) is 4.49. The standard InChI is InChI=1S/C28H30FN4O3PS/c1-4-36-28(35)20-5-9-23(10-6-20)33-27(34)25-19-24(30(2)3)13-14-26(25)37(33,38)32-17-15-31(16-18-32)22-11-7-21(29)8-12-22/h5-14,19H,4,15-18H2,1-3H3. The third-order valence-electron chi connectivity index (χ3n) is 6.96. The van der Waals surface area contributed by atoms with E-state index in [1.54, 1.807) is 48.0 Å². The van der Waals surface area contributed by atoms with Crippen molar-refractivity contribution in [2.24, 2.45) is 0 Å². The molecule has 0 saturated carbocycles. The molecule has 2 heterocycles. The van der Waals surface area contributed by atoms with Crippen LogP contribution in [0.2, 0.25) is 0 Å². The molecule has 0 bridgehead atoms. The van der Waals surface area contributed by atoms with Crippen LogP contribution >= 0.6 is 6.34 Å². The fraction of sp³-hybridized carbons (Fsp3) is 0.286. The summed E-state index contributed by atoms with van der Waals surface area (Å²) in [5.74, 6) is -0.787. The van der Waals surface area contributed by atoms with E-state index < -0.39 is 12.3 Å². The van der Waals surface area contributed by atoms with E-state index in [2.05, 4.69) is 9.57 Å². The quantitative estimate of drug-likeness (QED) is 0.330. The predicted molar refractivity (Wildman–Crippen MR) is 154 cm³/mol. The normalized spacial score (nSPS) is 19.4. The highest BCUT2D eigenvalue weighted by Gasteiger charge is 2.48. The van der Waals surface area contributed by atoms with Crippen LogP contribution in [-0.2, 0) is 16.5 Å². The molecule has 7 nitrogen and oxygen atoms in total. The molecule has 1 atom stereocenters. The third-order valence-corrected chi connectivity index (χ3v) is 11.9. The smallest absolute Gasteiger partial charge is 0.338 e. The molecule has 0 aromatic heterocycles. The van der Waals surface area contributed by atoms with Gasteiger partial charge >= 0.3 is 5.97 Å². The summed E-state index contributed by atoms with van der Waals surface area (Å²) in [4.78, 5) is 30.4. The Hall–Kier alpha value is -3.26. The molecule has 0 N–H and O–H groups in total. The second kappa shape index (κ2) is 10.5. The Morgan fingerprint density at radius 2 is 1.61 bits per heavy atom. The first-order chi connectivity index (χ1) is 18.2. The molecule has 1 saturated heterocycles. The van der Waals surface area contributed by atoms with Gasteiger partial charge in [-0.1, -0.05) is 11.8 Å². The number of esters is 1. The van der Waals surface area contributed by atoms with Gasteiger partial charge in [-0.15, -0.1) is 0 Å². The van der Waals surface area contributed by atoms with E-state index in [4.69, 9.17) is 16.5 Å². The van der Waals surface area contributed by atoms with E-state index in [0.29, 0.717) is 49.6 Å². The molecule has 38 heavy (non-hydrogen) atoms. The minimum atomic E-state index is -2.72. The second-order valence-corrected chi connectivity index (χ2v) is 13.5. The van der Waals surface area contributed by atoms with E-state index in [-0.39, 0.29) is 11.7 Å². The van der Waals surface area contributed by atoms with Gasteiger partial charge in [0.1, 0.15) is 12.2 Å². The summed E-state index contributed by atoms with van der Waals surface area (Å²) < 4.78 is 22.6. The van der Waals surface area contributed by atoms with Gasteiger partial charge in [0.05, 0.1) is 23.4 Å². The van der Waals surface area contributed by atoms with Crippen LogP contribution in [0.3, 0.4) is 0 Å². The zero-order chi connectivity index (χ0) is 27.0. The van der Waals surface area contributed by atoms with Crippen molar-refractivity contribution < 1.29 is 18.7 Å². The highest BCUT2D eigenvalue weighted by atomic mass is 32.4. The Morgan fingerprint density at radius 1 is 0.974 bits per heavy atom. The highest BCUT2D eigenvalue weighted by molar-refractivity contribution is 8.18. The van der Waals surface area contributed by atoms with E-state index in [1.807, 2.05) is 37.2 Å². The van der Waals surface area contributed by atoms with Crippen molar-refractivity contribution in [2.45, 2.75) is 6.92 Å². The van der Waals surface area contributed by atoms with Crippen LogP contribution < -0.4 is 19.8 Å². The van der Waals surface area contributed by atoms with E-state index in [1.165, 1.54) is 12.1 Å². The average Bonchev–Trinajstić information content (AvgIpc) is 3.16. The number of anilines is 3. The van der Waals surface area contributed by atoms with Gasteiger partial charge in [-0.2, -0.15) is 0 Å². The summed E-state index contributed by atoms with van der Waals surface area (Å²) in [6, 6.07) is 19.4. The molecular formula is C28H30FN4O3PS. The van der Waals surface area contributed by atoms with Gasteiger partial charge < -0.3 is 14.5 Å². The second-order valence-electron chi connectivity index (χ2n) is 9.44. The zero-order valence-corrected chi connectivity index (χ0v) is 23.3. The fourth-order valence-electron chi connectivity index (χ4n) is 4.96. The number of fused-ring (bicyclic) bond motifs is 1. The van der Waals surface area contributed by atoms with Crippen molar-refractivity contribution in [1.82, 2.24) is 4.67 Å². The number of halogens is 1. The van der Waals surface area contributed by atoms with Crippen molar-refractivity contribution in [3.05, 3.63) is 83.7 Å². The molecule has 3 aromatic rings. The number of amides is 1. The number of nitrogens with zero attached hydrogens (tertiary/aromatic N) is 4. The summed E-state index contributed by atoms with van der Waals surface area (Å²) in [5, 5.41) is 0.882. The first-order valence-corrected chi connectivity index (χ1v) is 15.2. The lowest BCUT2D eigenvalue weighted by Crippen LogP contribution is -2.47. The van der Waals surface area contributed by atoms with E-state index >= 15 is 0 Å². The molecular weight excluding hydrogens is 522 g/mol. The van der Waals surface area contributed by atoms with E-state index in [0.717, 1.165) is 16.7 Å². The summed E-state index contributed by atoms with van der Waals surface area (Å²) in [6.07, 6.45) is -2.72. The van der Waals surface area contributed by atoms with Crippen LogP contribution in [0.4, 0.5) is 21.5 Å². The third kappa shape index (κ3) is 4.59. The number of benzene rings is 3. The molecule has 0 radical (unpaired) electrons. The number of piperazine rings is 1. The SMILES string of the molecule is CCOC(=O)c1ccc(N2C(=O)c3cc(N(C)C)ccc3P2(=S)N2CCN(c3ccc(F)cc3)CC2)cc1. The van der Waals surface area contributed by atoms with Gasteiger partial charge in [-0.3, -0.25) is 14.1 Å². The van der Waals surface area contributed by atoms with Crippen molar-refractivity contribution in [1.29, 1.82) is 0 Å². The maximum Gasteiger partial charge on any atom is 0.338 e. The van der Waals surface area contributed by atoms with Crippen molar-refractivity contribution >= 4 is 52.4 Å². The monoisotopic (exact) mass is 552 g/mol. The lowest BCUT2D eigenvalue weighted by Gasteiger charge is -2.44. The van der Waals surface area contributed by atoms with Crippen LogP contribution in [0.5, 0.6) is 0 Å². The van der Waals surface area contributed by atoms with Gasteiger partial charge in [-0.05, 0) is 73.7 Å². The fourth-order valence-corrected chi connectivity index (χ4v) is 9.47. The number of hydrogen-bond acceptors (Lipinski definition) is 6. The molecule has 10 heteroatoms. The number of rotatable bonds is 6. The van der Waals surface area contributed by atoms with E-state index in [9.17, 15) is 14.0 Å². The molecule has 3 aromatic carbocycles. The Kier molecular flexibility index (Phi) is 7.27. The molecule has 5 rings (SSSR count). The largest absolute Gasteiger partial charge is 0.462 e. The Bertz CT molecular complexity index is 1410. The van der Waals surface area contributed by atoms with Crippen LogP contribution in [0.1, 0.15) is 27.6 Å². The van der Waals surface area contributed by atoms with Crippen LogP contribution in [-0.4, -0.2) is 63.4 Å². The van der Waals surface area contributed by atoms with Crippen LogP contribution in [0.15, 0.2) is 66.7 Å². The summed E-state index contributed by atoms with van der Waals surface area (Å²) in [6.45, 7) is 4.79. The van der Waals surface area contributed by atoms with Crippen molar-refractivity contribution in [3.63, 3.8) is 0 Å². The maximum absolute atomic E-state index is 14.0. The summed E-state index contributed by atoms with van der Waals surface area (Å²) >= 11 is 6.50. The molecule has 198 valence electrons. The molecule has 1 amide bonds. The maximum atomic E-state index is 14.0. The minimum Gasteiger partial charge on any atom is -0.462 e. The lowest BCUT2D eigenvalue weighted by atomic mass is 10.1. The minimum absolute atomic E-state index is 0.128.